The van der Waals surface area contributed by atoms with Crippen molar-refractivity contribution in [3.63, 3.8) is 0 Å². The second-order valence-corrected chi connectivity index (χ2v) is 5.57. The van der Waals surface area contributed by atoms with Crippen molar-refractivity contribution in [1.82, 2.24) is 14.5 Å². The SMILES string of the molecule is CC1=NN(C)c2ncnc3c2n1c[n+]3C1OC(CO)CC1O. The largest absolute Gasteiger partial charge is 0.394 e. The molecule has 116 valence electrons. The van der Waals surface area contributed by atoms with E-state index in [0.29, 0.717) is 17.9 Å². The molecule has 2 N–H and O–H groups in total. The van der Waals surface area contributed by atoms with Crippen LogP contribution in [0.4, 0.5) is 5.82 Å². The molecular formula is C13H17N6O3+. The van der Waals surface area contributed by atoms with Gasteiger partial charge in [-0.2, -0.15) is 4.98 Å². The smallest absolute Gasteiger partial charge is 0.310 e. The number of aromatic nitrogens is 4. The third-order valence-corrected chi connectivity index (χ3v) is 4.10. The Balaban J connectivity index is 1.90. The summed E-state index contributed by atoms with van der Waals surface area (Å²) in [5.41, 5.74) is 1.48. The number of aliphatic hydroxyl groups excluding tert-OH is 2. The Morgan fingerprint density at radius 3 is 3.00 bits per heavy atom. The lowest BCUT2D eigenvalue weighted by atomic mass is 10.2. The Kier molecular flexibility index (Phi) is 2.90. The Hall–Kier alpha value is -2.10. The van der Waals surface area contributed by atoms with E-state index in [1.54, 1.807) is 9.58 Å². The highest BCUT2D eigenvalue weighted by molar-refractivity contribution is 5.97. The molecule has 1 saturated heterocycles. The van der Waals surface area contributed by atoms with Crippen LogP contribution in [0.2, 0.25) is 0 Å². The number of hydrazone groups is 1. The first kappa shape index (κ1) is 13.6. The number of anilines is 1. The first-order chi connectivity index (χ1) is 10.6. The fourth-order valence-electron chi connectivity index (χ4n) is 3.08. The molecule has 0 saturated carbocycles. The van der Waals surface area contributed by atoms with E-state index in [2.05, 4.69) is 15.1 Å². The molecule has 2 aromatic rings. The van der Waals surface area contributed by atoms with Crippen LogP contribution in [0, 0.1) is 0 Å². The van der Waals surface area contributed by atoms with E-state index in [0.717, 1.165) is 11.4 Å². The number of imidazole rings is 1. The van der Waals surface area contributed by atoms with Crippen LogP contribution in [-0.4, -0.2) is 56.4 Å². The number of nitrogens with zero attached hydrogens (tertiary/aromatic N) is 6. The van der Waals surface area contributed by atoms with Gasteiger partial charge in [0.15, 0.2) is 24.3 Å². The maximum atomic E-state index is 10.2. The Morgan fingerprint density at radius 2 is 2.27 bits per heavy atom. The first-order valence-corrected chi connectivity index (χ1v) is 7.11. The van der Waals surface area contributed by atoms with Crippen LogP contribution in [0.1, 0.15) is 19.6 Å². The van der Waals surface area contributed by atoms with E-state index in [1.165, 1.54) is 6.33 Å². The lowest BCUT2D eigenvalue weighted by Crippen LogP contribution is -2.44. The zero-order valence-electron chi connectivity index (χ0n) is 12.3. The van der Waals surface area contributed by atoms with Gasteiger partial charge >= 0.3 is 5.65 Å². The fourth-order valence-corrected chi connectivity index (χ4v) is 3.08. The van der Waals surface area contributed by atoms with E-state index < -0.39 is 12.3 Å². The van der Waals surface area contributed by atoms with E-state index >= 15 is 0 Å². The summed E-state index contributed by atoms with van der Waals surface area (Å²) >= 11 is 0. The molecule has 4 heterocycles. The number of hydrogen-bond donors (Lipinski definition) is 2. The normalized spacial score (nSPS) is 27.5. The van der Waals surface area contributed by atoms with Gasteiger partial charge in [0.1, 0.15) is 6.10 Å². The summed E-state index contributed by atoms with van der Waals surface area (Å²) in [5.74, 6) is 1.47. The third kappa shape index (κ3) is 1.76. The van der Waals surface area contributed by atoms with E-state index in [4.69, 9.17) is 4.74 Å². The van der Waals surface area contributed by atoms with Gasteiger partial charge in [0, 0.05) is 20.4 Å². The summed E-state index contributed by atoms with van der Waals surface area (Å²) in [4.78, 5) is 8.61. The summed E-state index contributed by atoms with van der Waals surface area (Å²) in [6.07, 6.45) is 2.02. The first-order valence-electron chi connectivity index (χ1n) is 7.11. The molecule has 9 nitrogen and oxygen atoms in total. The summed E-state index contributed by atoms with van der Waals surface area (Å²) in [7, 11) is 1.83. The van der Waals surface area contributed by atoms with Gasteiger partial charge in [-0.25, -0.2) is 14.1 Å². The average Bonchev–Trinajstić information content (AvgIpc) is 3.06. The predicted octanol–water partition coefficient (Wildman–Crippen LogP) is -1.01. The highest BCUT2D eigenvalue weighted by Crippen LogP contribution is 2.29. The molecule has 0 radical (unpaired) electrons. The monoisotopic (exact) mass is 305 g/mol. The molecule has 0 amide bonds. The highest BCUT2D eigenvalue weighted by Gasteiger charge is 2.40. The van der Waals surface area contributed by atoms with Crippen molar-refractivity contribution in [1.29, 1.82) is 0 Å². The van der Waals surface area contributed by atoms with E-state index in [9.17, 15) is 10.2 Å². The molecular weight excluding hydrogens is 288 g/mol. The molecule has 4 rings (SSSR count). The van der Waals surface area contributed by atoms with Gasteiger partial charge in [0.05, 0.1) is 12.7 Å². The van der Waals surface area contributed by atoms with Crippen molar-refractivity contribution in [2.24, 2.45) is 5.10 Å². The molecule has 9 heteroatoms. The zero-order valence-corrected chi connectivity index (χ0v) is 12.3. The van der Waals surface area contributed by atoms with Crippen molar-refractivity contribution in [2.45, 2.75) is 31.8 Å². The molecule has 2 aliphatic rings. The molecule has 0 aliphatic carbocycles. The predicted molar refractivity (Wildman–Crippen MR) is 76.3 cm³/mol. The highest BCUT2D eigenvalue weighted by atomic mass is 16.5. The van der Waals surface area contributed by atoms with E-state index in [-0.39, 0.29) is 12.7 Å². The Bertz CT molecular complexity index is 772. The van der Waals surface area contributed by atoms with Crippen molar-refractivity contribution in [2.75, 3.05) is 18.7 Å². The Labute approximate surface area is 126 Å². The third-order valence-electron chi connectivity index (χ3n) is 4.10. The maximum Gasteiger partial charge on any atom is 0.310 e. The van der Waals surface area contributed by atoms with Gasteiger partial charge in [-0.15, -0.1) is 5.10 Å². The molecule has 0 aromatic carbocycles. The van der Waals surface area contributed by atoms with Crippen molar-refractivity contribution >= 4 is 22.8 Å². The lowest BCUT2D eigenvalue weighted by molar-refractivity contribution is -0.745. The van der Waals surface area contributed by atoms with Crippen LogP contribution >= 0.6 is 0 Å². The second kappa shape index (κ2) is 4.70. The van der Waals surface area contributed by atoms with E-state index in [1.807, 2.05) is 24.9 Å². The van der Waals surface area contributed by atoms with Crippen LogP contribution in [0.25, 0.3) is 11.2 Å². The summed E-state index contributed by atoms with van der Waals surface area (Å²) in [6.45, 7) is 1.77. The van der Waals surface area contributed by atoms with Crippen molar-refractivity contribution < 1.29 is 19.5 Å². The summed E-state index contributed by atoms with van der Waals surface area (Å²) in [6, 6.07) is 0. The number of rotatable bonds is 2. The minimum Gasteiger partial charge on any atom is -0.394 e. The minimum absolute atomic E-state index is 0.115. The summed E-state index contributed by atoms with van der Waals surface area (Å²) in [5, 5.41) is 25.6. The van der Waals surface area contributed by atoms with Gasteiger partial charge in [0.2, 0.25) is 11.7 Å². The van der Waals surface area contributed by atoms with Gasteiger partial charge in [-0.3, -0.25) is 0 Å². The topological polar surface area (TPSA) is 99.9 Å². The number of aliphatic hydroxyl groups is 2. The average molecular weight is 305 g/mol. The maximum absolute atomic E-state index is 10.2. The molecule has 3 atom stereocenters. The zero-order chi connectivity index (χ0) is 15.4. The molecule has 0 spiro atoms. The lowest BCUT2D eigenvalue weighted by Gasteiger charge is -2.16. The standard InChI is InChI=1S/C13H17N6O3/c1-7-16-17(2)11-10-12(15-5-14-11)19(6-18(7)10)13-9(21)3-8(4-20)22-13/h5-6,8-9,13,20-21H,3-4H2,1-2H3/q+1. The fraction of sp³-hybridized carbons (Fsp3) is 0.538. The van der Waals surface area contributed by atoms with Gasteiger partial charge in [-0.1, -0.05) is 4.98 Å². The summed E-state index contributed by atoms with van der Waals surface area (Å²) < 4.78 is 9.39. The molecule has 2 aromatic heterocycles. The molecule has 1 fully saturated rings. The number of hydrogen-bond acceptors (Lipinski definition) is 7. The molecule has 22 heavy (non-hydrogen) atoms. The van der Waals surface area contributed by atoms with Crippen LogP contribution in [0.3, 0.4) is 0 Å². The molecule has 0 bridgehead atoms. The van der Waals surface area contributed by atoms with Gasteiger partial charge in [0.25, 0.3) is 0 Å². The molecule has 3 unspecified atom stereocenters. The second-order valence-electron chi connectivity index (χ2n) is 5.57. The van der Waals surface area contributed by atoms with Crippen LogP contribution < -0.4 is 9.58 Å². The minimum atomic E-state index is -0.699. The van der Waals surface area contributed by atoms with Gasteiger partial charge in [-0.05, 0) is 0 Å². The van der Waals surface area contributed by atoms with Crippen molar-refractivity contribution in [3.8, 4) is 0 Å². The van der Waals surface area contributed by atoms with Crippen molar-refractivity contribution in [3.05, 3.63) is 12.7 Å². The van der Waals surface area contributed by atoms with Gasteiger partial charge < -0.3 is 14.9 Å². The van der Waals surface area contributed by atoms with Crippen LogP contribution in [-0.2, 0) is 4.74 Å². The van der Waals surface area contributed by atoms with Crippen LogP contribution in [0.15, 0.2) is 17.8 Å². The molecule has 2 aliphatic heterocycles. The number of ether oxygens (including phenoxy) is 1. The van der Waals surface area contributed by atoms with Crippen LogP contribution in [0.5, 0.6) is 0 Å². The quantitative estimate of drug-likeness (QED) is 0.690. The Morgan fingerprint density at radius 1 is 1.45 bits per heavy atom.